The first-order valence-electron chi connectivity index (χ1n) is 7.73. The molecule has 4 aromatic carbocycles. The highest BCUT2D eigenvalue weighted by atomic mass is 14.7. The molecule has 1 N–H and O–H groups in total. The van der Waals surface area contributed by atoms with E-state index in [2.05, 4.69) is 83.8 Å². The van der Waals surface area contributed by atoms with Gasteiger partial charge in [-0.2, -0.15) is 0 Å². The normalized spacial score (nSPS) is 11.1. The lowest BCUT2D eigenvalue weighted by Crippen LogP contribution is -1.80. The zero-order valence-electron chi connectivity index (χ0n) is 12.4. The highest BCUT2D eigenvalue weighted by molar-refractivity contribution is 6.07. The van der Waals surface area contributed by atoms with E-state index in [0.29, 0.717) is 0 Å². The van der Waals surface area contributed by atoms with Crippen LogP contribution >= 0.6 is 0 Å². The molecule has 1 heteroatoms. The highest BCUT2D eigenvalue weighted by Crippen LogP contribution is 2.30. The Morgan fingerprint density at radius 2 is 1.43 bits per heavy atom. The topological polar surface area (TPSA) is 15.8 Å². The van der Waals surface area contributed by atoms with Gasteiger partial charge in [0.2, 0.25) is 0 Å². The molecular formula is C22H13N. The number of hydrogen-bond acceptors (Lipinski definition) is 0. The lowest BCUT2D eigenvalue weighted by atomic mass is 9.99. The van der Waals surface area contributed by atoms with Crippen molar-refractivity contribution in [3.05, 3.63) is 84.9 Å². The average Bonchev–Trinajstić information content (AvgIpc) is 2.99. The van der Waals surface area contributed by atoms with Crippen LogP contribution in [0.1, 0.15) is 0 Å². The first kappa shape index (κ1) is 12.3. The van der Waals surface area contributed by atoms with Crippen LogP contribution in [-0.4, -0.2) is 4.98 Å². The van der Waals surface area contributed by atoms with Crippen molar-refractivity contribution in [1.82, 2.24) is 4.98 Å². The summed E-state index contributed by atoms with van der Waals surface area (Å²) in [4.78, 5) is 3.48. The molecular weight excluding hydrogens is 278 g/mol. The predicted molar refractivity (Wildman–Crippen MR) is 96.4 cm³/mol. The molecule has 0 fully saturated rings. The summed E-state index contributed by atoms with van der Waals surface area (Å²) in [5, 5.41) is 4.79. The van der Waals surface area contributed by atoms with Gasteiger partial charge in [-0.3, -0.25) is 0 Å². The van der Waals surface area contributed by atoms with Gasteiger partial charge in [0.25, 0.3) is 0 Å². The second-order valence-corrected chi connectivity index (χ2v) is 5.79. The first-order valence-corrected chi connectivity index (χ1v) is 7.73. The zero-order chi connectivity index (χ0) is 15.2. The molecule has 0 saturated carbocycles. The van der Waals surface area contributed by atoms with Gasteiger partial charge in [-0.1, -0.05) is 72.8 Å². The summed E-state index contributed by atoms with van der Waals surface area (Å²) in [5.41, 5.74) is 4.51. The largest absolute Gasteiger partial charge is 0.354 e. The minimum Gasteiger partial charge on any atom is -0.354 e. The number of hydrogen-bond donors (Lipinski definition) is 1. The van der Waals surface area contributed by atoms with Crippen molar-refractivity contribution in [1.29, 1.82) is 0 Å². The number of para-hydroxylation sites is 1. The van der Waals surface area contributed by atoms with E-state index in [4.69, 9.17) is 0 Å². The fourth-order valence-corrected chi connectivity index (χ4v) is 3.32. The molecule has 0 spiro atoms. The molecule has 1 nitrogen and oxygen atoms in total. The third-order valence-corrected chi connectivity index (χ3v) is 4.43. The van der Waals surface area contributed by atoms with Gasteiger partial charge in [-0.05, 0) is 28.5 Å². The molecule has 0 unspecified atom stereocenters. The van der Waals surface area contributed by atoms with Crippen molar-refractivity contribution in [3.63, 3.8) is 0 Å². The number of rotatable bonds is 1. The van der Waals surface area contributed by atoms with Crippen LogP contribution in [0, 0.1) is 12.1 Å². The summed E-state index contributed by atoms with van der Waals surface area (Å²) in [6, 6.07) is 32.0. The minimum absolute atomic E-state index is 1.07. The molecule has 1 heterocycles. The quantitative estimate of drug-likeness (QED) is 0.405. The van der Waals surface area contributed by atoms with Gasteiger partial charge in [0.15, 0.2) is 0 Å². The highest BCUT2D eigenvalue weighted by Gasteiger charge is 2.07. The summed E-state index contributed by atoms with van der Waals surface area (Å²) in [6.07, 6.45) is 0. The van der Waals surface area contributed by atoms with Crippen LogP contribution in [0.2, 0.25) is 0 Å². The Labute approximate surface area is 134 Å². The third kappa shape index (κ3) is 1.82. The molecule has 0 amide bonds. The molecule has 0 aliphatic heterocycles. The minimum atomic E-state index is 1.07. The van der Waals surface area contributed by atoms with Crippen molar-refractivity contribution >= 4 is 32.6 Å². The molecule has 106 valence electrons. The summed E-state index contributed by atoms with van der Waals surface area (Å²) < 4.78 is 0. The van der Waals surface area contributed by atoms with Gasteiger partial charge in [-0.15, -0.1) is 0 Å². The molecule has 1 aromatic heterocycles. The van der Waals surface area contributed by atoms with E-state index in [9.17, 15) is 0 Å². The van der Waals surface area contributed by atoms with Gasteiger partial charge in [0.1, 0.15) is 0 Å². The lowest BCUT2D eigenvalue weighted by Gasteiger charge is -2.04. The molecule has 5 rings (SSSR count). The van der Waals surface area contributed by atoms with Crippen LogP contribution in [0.4, 0.5) is 0 Å². The molecule has 0 aliphatic rings. The Morgan fingerprint density at radius 1 is 0.652 bits per heavy atom. The molecule has 0 atom stereocenters. The SMILES string of the molecule is c1c(-c2cccc3ccccc23)cc2[nH]c3ccccc3c2c#1. The van der Waals surface area contributed by atoms with E-state index in [1.807, 2.05) is 6.07 Å². The van der Waals surface area contributed by atoms with Gasteiger partial charge >= 0.3 is 0 Å². The number of aromatic amines is 1. The van der Waals surface area contributed by atoms with Crippen molar-refractivity contribution in [2.45, 2.75) is 0 Å². The smallest absolute Gasteiger partial charge is 0.0577 e. The summed E-state index contributed by atoms with van der Waals surface area (Å²) in [6.45, 7) is 0. The van der Waals surface area contributed by atoms with Crippen molar-refractivity contribution in [2.75, 3.05) is 0 Å². The molecule has 5 aromatic rings. The fraction of sp³-hybridized carbons (Fsp3) is 0. The van der Waals surface area contributed by atoms with Crippen LogP contribution in [0.5, 0.6) is 0 Å². The van der Waals surface area contributed by atoms with E-state index in [0.717, 1.165) is 22.0 Å². The molecule has 0 saturated heterocycles. The maximum Gasteiger partial charge on any atom is 0.0577 e. The predicted octanol–water partition coefficient (Wildman–Crippen LogP) is 5.74. The van der Waals surface area contributed by atoms with Gasteiger partial charge in [0.05, 0.1) is 10.9 Å². The number of aromatic nitrogens is 1. The Bertz CT molecular complexity index is 1160. The Kier molecular flexibility index (Phi) is 2.48. The summed E-state index contributed by atoms with van der Waals surface area (Å²) in [5.74, 6) is 0. The van der Waals surface area contributed by atoms with E-state index < -0.39 is 0 Å². The summed E-state index contributed by atoms with van der Waals surface area (Å²) >= 11 is 0. The maximum atomic E-state index is 3.48. The standard InChI is InChI=1S/C22H13N/c1-2-8-17-15(6-1)7-5-10-18(17)16-12-13-20-19-9-3-4-11-21(19)23-22(20)14-16/h1-11,14,23H. The third-order valence-electron chi connectivity index (χ3n) is 4.43. The molecule has 23 heavy (non-hydrogen) atoms. The Hall–Kier alpha value is -3.24. The number of H-pyrrole nitrogens is 1. The van der Waals surface area contributed by atoms with Crippen molar-refractivity contribution in [3.8, 4) is 11.1 Å². The zero-order valence-corrected chi connectivity index (χ0v) is 12.4. The maximum absolute atomic E-state index is 3.48. The van der Waals surface area contributed by atoms with Crippen LogP contribution in [0.15, 0.2) is 72.8 Å². The molecule has 0 aliphatic carbocycles. The first-order chi connectivity index (χ1) is 11.4. The van der Waals surface area contributed by atoms with E-state index in [-0.39, 0.29) is 0 Å². The van der Waals surface area contributed by atoms with E-state index >= 15 is 0 Å². The Balaban J connectivity index is 1.81. The fourth-order valence-electron chi connectivity index (χ4n) is 3.32. The van der Waals surface area contributed by atoms with Crippen molar-refractivity contribution < 1.29 is 0 Å². The van der Waals surface area contributed by atoms with Crippen LogP contribution in [0.3, 0.4) is 0 Å². The number of fused-ring (bicyclic) bond motifs is 4. The average molecular weight is 291 g/mol. The lowest BCUT2D eigenvalue weighted by molar-refractivity contribution is 1.55. The second-order valence-electron chi connectivity index (χ2n) is 5.79. The van der Waals surface area contributed by atoms with Gasteiger partial charge in [0, 0.05) is 16.5 Å². The summed E-state index contributed by atoms with van der Waals surface area (Å²) in [7, 11) is 0. The molecule has 0 bridgehead atoms. The second kappa shape index (κ2) is 4.63. The molecule has 0 radical (unpaired) electrons. The van der Waals surface area contributed by atoms with E-state index in [1.165, 1.54) is 21.7 Å². The van der Waals surface area contributed by atoms with Gasteiger partial charge < -0.3 is 4.98 Å². The van der Waals surface area contributed by atoms with Crippen LogP contribution in [-0.2, 0) is 0 Å². The van der Waals surface area contributed by atoms with Crippen molar-refractivity contribution in [2.24, 2.45) is 0 Å². The monoisotopic (exact) mass is 291 g/mol. The van der Waals surface area contributed by atoms with Crippen LogP contribution < -0.4 is 0 Å². The Morgan fingerprint density at radius 3 is 2.39 bits per heavy atom. The van der Waals surface area contributed by atoms with E-state index in [1.54, 1.807) is 0 Å². The van der Waals surface area contributed by atoms with Crippen LogP contribution in [0.25, 0.3) is 43.7 Å². The number of nitrogens with one attached hydrogen (secondary N) is 1. The van der Waals surface area contributed by atoms with Gasteiger partial charge in [-0.25, -0.2) is 0 Å². The number of benzene rings is 3.